The van der Waals surface area contributed by atoms with Gasteiger partial charge in [0.2, 0.25) is 5.91 Å². The molecule has 3 heterocycles. The Morgan fingerprint density at radius 2 is 2.00 bits per heavy atom. The van der Waals surface area contributed by atoms with Crippen LogP contribution in [0.5, 0.6) is 0 Å². The fourth-order valence-corrected chi connectivity index (χ4v) is 4.97. The molecule has 6 heteroatoms. The fraction of sp³-hybridized carbons (Fsp3) is 0.360. The number of para-hydroxylation sites is 1. The Bertz CT molecular complexity index is 1150. The summed E-state index contributed by atoms with van der Waals surface area (Å²) in [5.74, 6) is -0.260. The number of aryl methyl sites for hydroxylation is 1. The number of fused-ring (bicyclic) bond motifs is 2. The van der Waals surface area contributed by atoms with Crippen molar-refractivity contribution in [2.45, 2.75) is 44.9 Å². The van der Waals surface area contributed by atoms with Crippen LogP contribution >= 0.6 is 0 Å². The monoisotopic (exact) mass is 417 g/mol. The average molecular weight is 418 g/mol. The quantitative estimate of drug-likeness (QED) is 0.665. The van der Waals surface area contributed by atoms with Gasteiger partial charge in [-0.15, -0.1) is 0 Å². The Balaban J connectivity index is 1.53. The molecule has 0 radical (unpaired) electrons. The first-order valence-electron chi connectivity index (χ1n) is 10.9. The maximum atomic E-state index is 13.5. The first-order valence-corrected chi connectivity index (χ1v) is 10.9. The number of rotatable bonds is 5. The lowest BCUT2D eigenvalue weighted by Crippen LogP contribution is -2.48. The van der Waals surface area contributed by atoms with Crippen molar-refractivity contribution in [1.29, 1.82) is 0 Å². The number of benzene rings is 2. The number of carbonyl (C=O) groups excluding carboxylic acids is 2. The largest absolute Gasteiger partial charge is 0.376 e. The second kappa shape index (κ2) is 7.85. The molecule has 0 bridgehead atoms. The van der Waals surface area contributed by atoms with Crippen LogP contribution in [0.4, 0.5) is 0 Å². The van der Waals surface area contributed by atoms with E-state index in [4.69, 9.17) is 4.74 Å². The molecular formula is C25H27N3O3. The Labute approximate surface area is 181 Å². The minimum absolute atomic E-state index is 0.0642. The molecular weight excluding hydrogens is 390 g/mol. The van der Waals surface area contributed by atoms with Crippen LogP contribution < -0.4 is 5.32 Å². The molecule has 6 nitrogen and oxygen atoms in total. The third-order valence-electron chi connectivity index (χ3n) is 6.54. The summed E-state index contributed by atoms with van der Waals surface area (Å²) in [6.45, 7) is 5.07. The van der Waals surface area contributed by atoms with Crippen LogP contribution in [0.2, 0.25) is 0 Å². The third kappa shape index (κ3) is 3.31. The highest BCUT2D eigenvalue weighted by molar-refractivity contribution is 6.03. The molecule has 2 aromatic carbocycles. The van der Waals surface area contributed by atoms with E-state index in [-0.39, 0.29) is 24.0 Å². The molecule has 0 unspecified atom stereocenters. The molecule has 2 aliphatic rings. The van der Waals surface area contributed by atoms with Gasteiger partial charge in [-0.1, -0.05) is 36.4 Å². The second-order valence-corrected chi connectivity index (χ2v) is 8.47. The lowest BCUT2D eigenvalue weighted by molar-refractivity contribution is -0.126. The van der Waals surface area contributed by atoms with Gasteiger partial charge in [0.25, 0.3) is 5.91 Å². The van der Waals surface area contributed by atoms with Gasteiger partial charge in [0.05, 0.1) is 12.1 Å². The number of carbonyl (C=O) groups is 2. The van der Waals surface area contributed by atoms with Crippen LogP contribution in [0.3, 0.4) is 0 Å². The van der Waals surface area contributed by atoms with Gasteiger partial charge in [-0.2, -0.15) is 0 Å². The number of aromatic nitrogens is 1. The summed E-state index contributed by atoms with van der Waals surface area (Å²) >= 11 is 0. The van der Waals surface area contributed by atoms with Crippen LogP contribution in [0.1, 0.15) is 53.0 Å². The number of hydrogen-bond donors (Lipinski definition) is 2. The van der Waals surface area contributed by atoms with Crippen molar-refractivity contribution in [1.82, 2.24) is 15.2 Å². The lowest BCUT2D eigenvalue weighted by atomic mass is 9.95. The van der Waals surface area contributed by atoms with Crippen molar-refractivity contribution < 1.29 is 14.3 Å². The summed E-state index contributed by atoms with van der Waals surface area (Å²) in [5, 5.41) is 4.08. The van der Waals surface area contributed by atoms with Gasteiger partial charge in [-0.25, -0.2) is 0 Å². The molecule has 31 heavy (non-hydrogen) atoms. The minimum Gasteiger partial charge on any atom is -0.376 e. The van der Waals surface area contributed by atoms with Gasteiger partial charge in [0.15, 0.2) is 0 Å². The Kier molecular flexibility index (Phi) is 5.02. The topological polar surface area (TPSA) is 74.4 Å². The Hall–Kier alpha value is -3.12. The zero-order chi connectivity index (χ0) is 21.5. The van der Waals surface area contributed by atoms with E-state index >= 15 is 0 Å². The number of nitrogens with zero attached hydrogens (tertiary/aromatic N) is 1. The minimum atomic E-state index is -0.612. The van der Waals surface area contributed by atoms with E-state index in [1.165, 1.54) is 0 Å². The number of nitrogens with one attached hydrogen (secondary N) is 2. The van der Waals surface area contributed by atoms with Crippen LogP contribution in [0.25, 0.3) is 10.9 Å². The zero-order valence-electron chi connectivity index (χ0n) is 17.9. The van der Waals surface area contributed by atoms with Crippen molar-refractivity contribution in [3.8, 4) is 0 Å². The number of amides is 2. The third-order valence-corrected chi connectivity index (χ3v) is 6.54. The summed E-state index contributed by atoms with van der Waals surface area (Å²) in [6.07, 6.45) is 2.05. The normalized spacial score (nSPS) is 21.5. The molecule has 1 aromatic heterocycles. The van der Waals surface area contributed by atoms with E-state index in [0.29, 0.717) is 12.1 Å². The van der Waals surface area contributed by atoms with Crippen LogP contribution in [-0.4, -0.2) is 47.0 Å². The van der Waals surface area contributed by atoms with Gasteiger partial charge in [0, 0.05) is 40.9 Å². The molecule has 1 fully saturated rings. The van der Waals surface area contributed by atoms with E-state index in [0.717, 1.165) is 47.2 Å². The molecule has 2 aliphatic heterocycles. The van der Waals surface area contributed by atoms with E-state index < -0.39 is 6.04 Å². The number of hydrogen-bond acceptors (Lipinski definition) is 3. The summed E-state index contributed by atoms with van der Waals surface area (Å²) in [6, 6.07) is 14.9. The molecule has 0 spiro atoms. The van der Waals surface area contributed by atoms with Gasteiger partial charge in [-0.05, 0) is 44.4 Å². The predicted molar refractivity (Wildman–Crippen MR) is 119 cm³/mol. The van der Waals surface area contributed by atoms with Gasteiger partial charge in [0.1, 0.15) is 6.04 Å². The van der Waals surface area contributed by atoms with Gasteiger partial charge >= 0.3 is 0 Å². The van der Waals surface area contributed by atoms with Crippen molar-refractivity contribution in [2.24, 2.45) is 0 Å². The van der Waals surface area contributed by atoms with E-state index in [1.54, 1.807) is 4.90 Å². The Morgan fingerprint density at radius 1 is 1.23 bits per heavy atom. The van der Waals surface area contributed by atoms with E-state index in [2.05, 4.69) is 16.4 Å². The first kappa shape index (κ1) is 19.8. The standard InChI is InChI=1S/C25H27N3O3/c1-15-22(20-11-5-6-12-21(20)27-15)23-18-9-3-4-10-19(18)25(30)28(23)16(2)24(29)26-14-17-8-7-13-31-17/h3-6,9-12,16-17,23,27H,7-8,13-14H2,1-2H3,(H,26,29)/t16-,17+,23+/m1/s1. The smallest absolute Gasteiger partial charge is 0.255 e. The second-order valence-electron chi connectivity index (χ2n) is 8.47. The number of ether oxygens (including phenoxy) is 1. The molecule has 0 aliphatic carbocycles. The van der Waals surface area contributed by atoms with Crippen LogP contribution in [0.15, 0.2) is 48.5 Å². The molecule has 1 saturated heterocycles. The van der Waals surface area contributed by atoms with Gasteiger partial charge < -0.3 is 19.9 Å². The first-order chi connectivity index (χ1) is 15.1. The average Bonchev–Trinajstić information content (AvgIpc) is 3.48. The highest BCUT2D eigenvalue weighted by Gasteiger charge is 2.43. The zero-order valence-corrected chi connectivity index (χ0v) is 17.9. The summed E-state index contributed by atoms with van der Waals surface area (Å²) < 4.78 is 5.62. The highest BCUT2D eigenvalue weighted by Crippen LogP contribution is 2.43. The maximum absolute atomic E-state index is 13.5. The van der Waals surface area contributed by atoms with Crippen LogP contribution in [-0.2, 0) is 9.53 Å². The summed E-state index contributed by atoms with van der Waals surface area (Å²) in [7, 11) is 0. The van der Waals surface area contributed by atoms with Crippen LogP contribution in [0, 0.1) is 6.92 Å². The van der Waals surface area contributed by atoms with Crippen molar-refractivity contribution in [3.63, 3.8) is 0 Å². The molecule has 2 amide bonds. The summed E-state index contributed by atoms with van der Waals surface area (Å²) in [5.41, 5.74) is 4.69. The lowest BCUT2D eigenvalue weighted by Gasteiger charge is -2.31. The molecule has 5 rings (SSSR count). The van der Waals surface area contributed by atoms with E-state index in [9.17, 15) is 9.59 Å². The SMILES string of the molecule is Cc1[nH]c2ccccc2c1[C@@H]1c2ccccc2C(=O)N1[C@H](C)C(=O)NC[C@@H]1CCCO1. The van der Waals surface area contributed by atoms with Crippen molar-refractivity contribution in [3.05, 3.63) is 70.9 Å². The molecule has 2 N–H and O–H groups in total. The van der Waals surface area contributed by atoms with Crippen molar-refractivity contribution >= 4 is 22.7 Å². The predicted octanol–water partition coefficient (Wildman–Crippen LogP) is 3.71. The fourth-order valence-electron chi connectivity index (χ4n) is 4.97. The molecule has 0 saturated carbocycles. The van der Waals surface area contributed by atoms with E-state index in [1.807, 2.05) is 56.3 Å². The summed E-state index contributed by atoms with van der Waals surface area (Å²) in [4.78, 5) is 31.7. The number of H-pyrrole nitrogens is 1. The molecule has 3 atom stereocenters. The highest BCUT2D eigenvalue weighted by atomic mass is 16.5. The maximum Gasteiger partial charge on any atom is 0.255 e. The number of aromatic amines is 1. The molecule has 160 valence electrons. The molecule has 3 aromatic rings. The van der Waals surface area contributed by atoms with Gasteiger partial charge in [-0.3, -0.25) is 9.59 Å². The Morgan fingerprint density at radius 3 is 2.81 bits per heavy atom. The van der Waals surface area contributed by atoms with Crippen molar-refractivity contribution in [2.75, 3.05) is 13.2 Å².